The first kappa shape index (κ1) is 8.02. The lowest BCUT2D eigenvalue weighted by Gasteiger charge is -2.14. The van der Waals surface area contributed by atoms with Gasteiger partial charge < -0.3 is 0 Å². The molecule has 1 fully saturated rings. The predicted molar refractivity (Wildman–Crippen MR) is 43.7 cm³/mol. The highest BCUT2D eigenvalue weighted by molar-refractivity contribution is 4.78. The van der Waals surface area contributed by atoms with Crippen molar-refractivity contribution in [1.82, 2.24) is 10.4 Å². The number of hydrogen-bond donors (Lipinski definition) is 1. The maximum absolute atomic E-state index is 3.44. The second-order valence-corrected chi connectivity index (χ2v) is 3.31. The third-order valence-electron chi connectivity index (χ3n) is 2.31. The lowest BCUT2D eigenvalue weighted by molar-refractivity contribution is 0.236. The van der Waals surface area contributed by atoms with Crippen LogP contribution in [0.1, 0.15) is 33.1 Å². The standard InChI is InChI=1S/C8H18N2/c1-4-5-8-6-7(2)10(3)9-8/h7-9H,4-6H2,1-3H3. The van der Waals surface area contributed by atoms with Crippen LogP contribution < -0.4 is 5.43 Å². The molecule has 1 rings (SSSR count). The molecule has 1 aliphatic rings. The highest BCUT2D eigenvalue weighted by atomic mass is 15.5. The van der Waals surface area contributed by atoms with Crippen LogP contribution in [-0.2, 0) is 0 Å². The van der Waals surface area contributed by atoms with Gasteiger partial charge in [-0.1, -0.05) is 13.3 Å². The smallest absolute Gasteiger partial charge is 0.0230 e. The van der Waals surface area contributed by atoms with Gasteiger partial charge in [-0.2, -0.15) is 0 Å². The Balaban J connectivity index is 2.27. The van der Waals surface area contributed by atoms with E-state index in [1.54, 1.807) is 0 Å². The van der Waals surface area contributed by atoms with Crippen molar-refractivity contribution < 1.29 is 0 Å². The second kappa shape index (κ2) is 3.35. The molecule has 10 heavy (non-hydrogen) atoms. The average Bonchev–Trinajstić information content (AvgIpc) is 2.14. The second-order valence-electron chi connectivity index (χ2n) is 3.31. The van der Waals surface area contributed by atoms with Crippen LogP contribution in [0.3, 0.4) is 0 Å². The Morgan fingerprint density at radius 3 is 2.70 bits per heavy atom. The van der Waals surface area contributed by atoms with Crippen LogP contribution in [0.5, 0.6) is 0 Å². The van der Waals surface area contributed by atoms with E-state index in [1.165, 1.54) is 19.3 Å². The molecule has 0 radical (unpaired) electrons. The van der Waals surface area contributed by atoms with Crippen molar-refractivity contribution in [2.24, 2.45) is 0 Å². The van der Waals surface area contributed by atoms with E-state index in [2.05, 4.69) is 31.3 Å². The van der Waals surface area contributed by atoms with Crippen LogP contribution in [0.15, 0.2) is 0 Å². The number of hydrazine groups is 1. The summed E-state index contributed by atoms with van der Waals surface area (Å²) in [5.74, 6) is 0. The Kier molecular flexibility index (Phi) is 2.69. The Bertz CT molecular complexity index is 93.4. The third kappa shape index (κ3) is 1.70. The number of rotatable bonds is 2. The summed E-state index contributed by atoms with van der Waals surface area (Å²) in [6, 6.07) is 1.46. The van der Waals surface area contributed by atoms with Gasteiger partial charge in [-0.25, -0.2) is 5.01 Å². The molecule has 0 bridgehead atoms. The molecule has 0 saturated carbocycles. The van der Waals surface area contributed by atoms with E-state index in [9.17, 15) is 0 Å². The summed E-state index contributed by atoms with van der Waals surface area (Å²) < 4.78 is 0. The van der Waals surface area contributed by atoms with Gasteiger partial charge in [0.15, 0.2) is 0 Å². The van der Waals surface area contributed by atoms with E-state index >= 15 is 0 Å². The fraction of sp³-hybridized carbons (Fsp3) is 1.00. The van der Waals surface area contributed by atoms with Crippen molar-refractivity contribution in [3.05, 3.63) is 0 Å². The zero-order chi connectivity index (χ0) is 7.56. The van der Waals surface area contributed by atoms with E-state index in [4.69, 9.17) is 0 Å². The highest BCUT2D eigenvalue weighted by Gasteiger charge is 2.23. The lowest BCUT2D eigenvalue weighted by Crippen LogP contribution is -2.34. The van der Waals surface area contributed by atoms with Gasteiger partial charge in [-0.3, -0.25) is 5.43 Å². The fourth-order valence-corrected chi connectivity index (χ4v) is 1.57. The van der Waals surface area contributed by atoms with Crippen LogP contribution in [0.4, 0.5) is 0 Å². The molecule has 2 atom stereocenters. The molecule has 0 amide bonds. The van der Waals surface area contributed by atoms with Crippen molar-refractivity contribution in [2.75, 3.05) is 7.05 Å². The molecule has 0 aromatic carbocycles. The van der Waals surface area contributed by atoms with Gasteiger partial charge in [-0.15, -0.1) is 0 Å². The number of nitrogens with one attached hydrogen (secondary N) is 1. The highest BCUT2D eigenvalue weighted by Crippen LogP contribution is 2.15. The van der Waals surface area contributed by atoms with Crippen LogP contribution in [0.25, 0.3) is 0 Å². The summed E-state index contributed by atoms with van der Waals surface area (Å²) in [6.45, 7) is 4.51. The minimum atomic E-state index is 0.719. The molecule has 60 valence electrons. The Morgan fingerprint density at radius 2 is 2.30 bits per heavy atom. The summed E-state index contributed by atoms with van der Waals surface area (Å²) in [5, 5.41) is 2.22. The van der Waals surface area contributed by atoms with E-state index in [1.807, 2.05) is 0 Å². The molecule has 1 aliphatic heterocycles. The first-order chi connectivity index (χ1) is 4.74. The normalized spacial score (nSPS) is 35.1. The quantitative estimate of drug-likeness (QED) is 0.626. The van der Waals surface area contributed by atoms with E-state index in [-0.39, 0.29) is 0 Å². The van der Waals surface area contributed by atoms with E-state index in [0.29, 0.717) is 0 Å². The van der Waals surface area contributed by atoms with Gasteiger partial charge in [0.25, 0.3) is 0 Å². The molecule has 1 heterocycles. The first-order valence-electron chi connectivity index (χ1n) is 4.23. The molecular formula is C8H18N2. The summed E-state index contributed by atoms with van der Waals surface area (Å²) in [7, 11) is 2.13. The molecule has 2 heteroatoms. The van der Waals surface area contributed by atoms with Gasteiger partial charge in [0.05, 0.1) is 0 Å². The van der Waals surface area contributed by atoms with Crippen LogP contribution >= 0.6 is 0 Å². The van der Waals surface area contributed by atoms with Crippen molar-refractivity contribution >= 4 is 0 Å². The van der Waals surface area contributed by atoms with E-state index in [0.717, 1.165) is 12.1 Å². The van der Waals surface area contributed by atoms with Crippen molar-refractivity contribution in [3.8, 4) is 0 Å². The molecule has 1 N–H and O–H groups in total. The summed E-state index contributed by atoms with van der Waals surface area (Å²) >= 11 is 0. The zero-order valence-corrected chi connectivity index (χ0v) is 7.22. The summed E-state index contributed by atoms with van der Waals surface area (Å²) in [5.41, 5.74) is 3.44. The number of nitrogens with zero attached hydrogens (tertiary/aromatic N) is 1. The molecule has 0 spiro atoms. The SMILES string of the molecule is CCCC1CC(C)N(C)N1. The minimum Gasteiger partial charge on any atom is -0.252 e. The van der Waals surface area contributed by atoms with Crippen molar-refractivity contribution in [3.63, 3.8) is 0 Å². The Labute approximate surface area is 63.6 Å². The first-order valence-corrected chi connectivity index (χ1v) is 4.23. The fourth-order valence-electron chi connectivity index (χ4n) is 1.57. The largest absolute Gasteiger partial charge is 0.252 e. The predicted octanol–water partition coefficient (Wildman–Crippen LogP) is 1.38. The molecule has 1 saturated heterocycles. The molecule has 2 nitrogen and oxygen atoms in total. The molecule has 0 aliphatic carbocycles. The number of hydrogen-bond acceptors (Lipinski definition) is 2. The monoisotopic (exact) mass is 142 g/mol. The maximum atomic E-state index is 3.44. The van der Waals surface area contributed by atoms with Crippen LogP contribution in [0, 0.1) is 0 Å². The molecule has 0 aromatic heterocycles. The minimum absolute atomic E-state index is 0.719. The molecular weight excluding hydrogens is 124 g/mol. The zero-order valence-electron chi connectivity index (χ0n) is 7.22. The lowest BCUT2D eigenvalue weighted by atomic mass is 10.1. The molecule has 2 unspecified atom stereocenters. The topological polar surface area (TPSA) is 15.3 Å². The van der Waals surface area contributed by atoms with Crippen LogP contribution in [-0.4, -0.2) is 24.1 Å². The Hall–Kier alpha value is -0.0800. The van der Waals surface area contributed by atoms with E-state index < -0.39 is 0 Å². The van der Waals surface area contributed by atoms with Gasteiger partial charge in [0.1, 0.15) is 0 Å². The van der Waals surface area contributed by atoms with Gasteiger partial charge >= 0.3 is 0 Å². The Morgan fingerprint density at radius 1 is 1.60 bits per heavy atom. The van der Waals surface area contributed by atoms with Gasteiger partial charge in [-0.05, 0) is 19.8 Å². The summed E-state index contributed by atoms with van der Waals surface area (Å²) in [6.07, 6.45) is 3.91. The van der Waals surface area contributed by atoms with Crippen LogP contribution in [0.2, 0.25) is 0 Å². The third-order valence-corrected chi connectivity index (χ3v) is 2.31. The maximum Gasteiger partial charge on any atom is 0.0230 e. The van der Waals surface area contributed by atoms with Crippen molar-refractivity contribution in [2.45, 2.75) is 45.2 Å². The van der Waals surface area contributed by atoms with Gasteiger partial charge in [0, 0.05) is 19.1 Å². The molecule has 0 aromatic rings. The van der Waals surface area contributed by atoms with Gasteiger partial charge in [0.2, 0.25) is 0 Å². The van der Waals surface area contributed by atoms with Crippen molar-refractivity contribution in [1.29, 1.82) is 0 Å². The summed E-state index contributed by atoms with van der Waals surface area (Å²) in [4.78, 5) is 0. The average molecular weight is 142 g/mol.